The lowest BCUT2D eigenvalue weighted by Crippen LogP contribution is -2.51. The second kappa shape index (κ2) is 5.68. The summed E-state index contributed by atoms with van der Waals surface area (Å²) in [6, 6.07) is 8.19. The summed E-state index contributed by atoms with van der Waals surface area (Å²) in [6.45, 7) is 4.89. The average molecular weight is 287 g/mol. The van der Waals surface area contributed by atoms with Crippen LogP contribution in [0.4, 0.5) is 11.4 Å². The van der Waals surface area contributed by atoms with Gasteiger partial charge in [0.1, 0.15) is 0 Å². The van der Waals surface area contributed by atoms with Crippen molar-refractivity contribution < 1.29 is 4.79 Å². The molecule has 4 nitrogen and oxygen atoms in total. The van der Waals surface area contributed by atoms with Crippen LogP contribution in [0.2, 0.25) is 0 Å². The van der Waals surface area contributed by atoms with Crippen LogP contribution in [0.3, 0.4) is 0 Å². The molecule has 0 radical (unpaired) electrons. The van der Waals surface area contributed by atoms with Crippen molar-refractivity contribution >= 4 is 17.3 Å². The van der Waals surface area contributed by atoms with Crippen molar-refractivity contribution in [3.63, 3.8) is 0 Å². The van der Waals surface area contributed by atoms with Crippen LogP contribution in [0.25, 0.3) is 0 Å². The van der Waals surface area contributed by atoms with Crippen molar-refractivity contribution in [2.75, 3.05) is 29.9 Å². The Bertz CT molecular complexity index is 499. The number of amides is 1. The smallest absolute Gasteiger partial charge is 0.231 e. The van der Waals surface area contributed by atoms with Gasteiger partial charge in [0.15, 0.2) is 0 Å². The van der Waals surface area contributed by atoms with Crippen LogP contribution in [0, 0.1) is 11.3 Å². The maximum atomic E-state index is 12.4. The van der Waals surface area contributed by atoms with Gasteiger partial charge in [-0.2, -0.15) is 0 Å². The maximum Gasteiger partial charge on any atom is 0.231 e. The zero-order valence-corrected chi connectivity index (χ0v) is 12.8. The van der Waals surface area contributed by atoms with E-state index < -0.39 is 0 Å². The molecule has 1 aliphatic carbocycles. The number of rotatable bonds is 4. The van der Waals surface area contributed by atoms with Gasteiger partial charge in [-0.3, -0.25) is 4.79 Å². The highest BCUT2D eigenvalue weighted by molar-refractivity contribution is 5.96. The fourth-order valence-electron chi connectivity index (χ4n) is 3.71. The first-order valence-corrected chi connectivity index (χ1v) is 7.99. The molecule has 0 bridgehead atoms. The number of hydrogen-bond donors (Lipinski definition) is 2. The van der Waals surface area contributed by atoms with Crippen LogP contribution in [0.5, 0.6) is 0 Å². The van der Waals surface area contributed by atoms with Gasteiger partial charge < -0.3 is 16.0 Å². The number of nitrogens with two attached hydrogens (primary N) is 1. The number of benzene rings is 1. The zero-order valence-electron chi connectivity index (χ0n) is 12.8. The van der Waals surface area contributed by atoms with E-state index >= 15 is 0 Å². The molecule has 1 aliphatic heterocycles. The van der Waals surface area contributed by atoms with Crippen LogP contribution in [0.1, 0.15) is 32.6 Å². The third-order valence-electron chi connectivity index (χ3n) is 4.95. The summed E-state index contributed by atoms with van der Waals surface area (Å²) < 4.78 is 0. The molecule has 1 heterocycles. The van der Waals surface area contributed by atoms with Gasteiger partial charge >= 0.3 is 0 Å². The minimum Gasteiger partial charge on any atom is -0.372 e. The van der Waals surface area contributed by atoms with E-state index in [9.17, 15) is 4.79 Å². The Hall–Kier alpha value is -1.55. The summed E-state index contributed by atoms with van der Waals surface area (Å²) in [6.07, 6.45) is 4.35. The van der Waals surface area contributed by atoms with Crippen LogP contribution in [-0.4, -0.2) is 25.5 Å². The zero-order chi connectivity index (χ0) is 14.9. The Kier molecular flexibility index (Phi) is 3.89. The predicted octanol–water partition coefficient (Wildman–Crippen LogP) is 2.60. The van der Waals surface area contributed by atoms with Gasteiger partial charge in [-0.15, -0.1) is 0 Å². The van der Waals surface area contributed by atoms with Crippen molar-refractivity contribution in [3.05, 3.63) is 24.3 Å². The number of carbonyl (C=O) groups excluding carboxylic acids is 1. The topological polar surface area (TPSA) is 58.4 Å². The van der Waals surface area contributed by atoms with E-state index in [1.165, 1.54) is 18.5 Å². The molecule has 0 atom stereocenters. The molecule has 3 N–H and O–H groups in total. The van der Waals surface area contributed by atoms with Crippen molar-refractivity contribution in [2.24, 2.45) is 17.1 Å². The Morgan fingerprint density at radius 2 is 1.90 bits per heavy atom. The second-order valence-electron chi connectivity index (χ2n) is 6.69. The monoisotopic (exact) mass is 287 g/mol. The first-order chi connectivity index (χ1) is 10.1. The minimum atomic E-state index is -0.340. The highest BCUT2D eigenvalue weighted by atomic mass is 16.2. The summed E-state index contributed by atoms with van der Waals surface area (Å²) in [5, 5.41) is 3.04. The molecule has 0 unspecified atom stereocenters. The fourth-order valence-corrected chi connectivity index (χ4v) is 3.71. The SMILES string of the molecule is CC1CC(CN)(C(=O)Nc2ccc(N3CCCC3)cc2)C1. The van der Waals surface area contributed by atoms with E-state index in [0.29, 0.717) is 12.5 Å². The lowest BCUT2D eigenvalue weighted by atomic mass is 9.62. The van der Waals surface area contributed by atoms with Gasteiger partial charge in [-0.25, -0.2) is 0 Å². The standard InChI is InChI=1S/C17H25N3O/c1-13-10-17(11-13,12-18)16(21)19-14-4-6-15(7-5-14)20-8-2-3-9-20/h4-7,13H,2-3,8-12,18H2,1H3,(H,19,21). The summed E-state index contributed by atoms with van der Waals surface area (Å²) in [4.78, 5) is 14.8. The lowest BCUT2D eigenvalue weighted by Gasteiger charge is -2.44. The molecule has 21 heavy (non-hydrogen) atoms. The molecule has 1 amide bonds. The van der Waals surface area contributed by atoms with Crippen molar-refractivity contribution in [1.82, 2.24) is 0 Å². The number of carbonyl (C=O) groups is 1. The van der Waals surface area contributed by atoms with Crippen molar-refractivity contribution in [2.45, 2.75) is 32.6 Å². The van der Waals surface area contributed by atoms with Crippen molar-refractivity contribution in [3.8, 4) is 0 Å². The van der Waals surface area contributed by atoms with Crippen LogP contribution >= 0.6 is 0 Å². The molecule has 0 aromatic heterocycles. The molecule has 114 valence electrons. The molecule has 1 aromatic carbocycles. The maximum absolute atomic E-state index is 12.4. The molecular weight excluding hydrogens is 262 g/mol. The summed E-state index contributed by atoms with van der Waals surface area (Å²) in [7, 11) is 0. The van der Waals surface area contributed by atoms with Gasteiger partial charge in [0.25, 0.3) is 0 Å². The second-order valence-corrected chi connectivity index (χ2v) is 6.69. The quantitative estimate of drug-likeness (QED) is 0.895. The van der Waals surface area contributed by atoms with Gasteiger partial charge in [0.05, 0.1) is 5.41 Å². The molecule has 3 rings (SSSR count). The number of nitrogens with one attached hydrogen (secondary N) is 1. The third kappa shape index (κ3) is 2.77. The summed E-state index contributed by atoms with van der Waals surface area (Å²) in [5.74, 6) is 0.689. The van der Waals surface area contributed by atoms with Crippen LogP contribution < -0.4 is 16.0 Å². The Morgan fingerprint density at radius 1 is 1.29 bits per heavy atom. The van der Waals surface area contributed by atoms with Crippen molar-refractivity contribution in [1.29, 1.82) is 0 Å². The number of hydrogen-bond acceptors (Lipinski definition) is 3. The summed E-state index contributed by atoms with van der Waals surface area (Å²) in [5.41, 5.74) is 7.60. The van der Waals surface area contributed by atoms with Gasteiger partial charge in [0, 0.05) is 31.0 Å². The molecule has 1 aromatic rings. The fraction of sp³-hybridized carbons (Fsp3) is 0.588. The normalized spacial score (nSPS) is 28.3. The van der Waals surface area contributed by atoms with E-state index in [4.69, 9.17) is 5.73 Å². The van der Waals surface area contributed by atoms with Gasteiger partial charge in [-0.05, 0) is 55.9 Å². The van der Waals surface area contributed by atoms with Crippen LogP contribution in [0.15, 0.2) is 24.3 Å². The minimum absolute atomic E-state index is 0.0806. The average Bonchev–Trinajstić information content (AvgIpc) is 2.98. The van der Waals surface area contributed by atoms with E-state index in [1.807, 2.05) is 12.1 Å². The highest BCUT2D eigenvalue weighted by Gasteiger charge is 2.47. The Balaban J connectivity index is 1.63. The van der Waals surface area contributed by atoms with E-state index in [0.717, 1.165) is 31.6 Å². The lowest BCUT2D eigenvalue weighted by molar-refractivity contribution is -0.132. The first-order valence-electron chi connectivity index (χ1n) is 7.99. The van der Waals surface area contributed by atoms with E-state index in [2.05, 4.69) is 29.3 Å². The van der Waals surface area contributed by atoms with Crippen LogP contribution in [-0.2, 0) is 4.79 Å². The summed E-state index contributed by atoms with van der Waals surface area (Å²) >= 11 is 0. The van der Waals surface area contributed by atoms with Gasteiger partial charge in [0.2, 0.25) is 5.91 Å². The number of nitrogens with zero attached hydrogens (tertiary/aromatic N) is 1. The first kappa shape index (κ1) is 14.4. The molecule has 2 fully saturated rings. The Morgan fingerprint density at radius 3 is 2.43 bits per heavy atom. The molecule has 2 aliphatic rings. The van der Waals surface area contributed by atoms with Gasteiger partial charge in [-0.1, -0.05) is 6.92 Å². The molecular formula is C17H25N3O. The third-order valence-corrected chi connectivity index (χ3v) is 4.95. The molecule has 1 saturated heterocycles. The molecule has 4 heteroatoms. The Labute approximate surface area is 126 Å². The molecule has 0 spiro atoms. The van der Waals surface area contributed by atoms with E-state index in [-0.39, 0.29) is 11.3 Å². The predicted molar refractivity (Wildman–Crippen MR) is 86.4 cm³/mol. The largest absolute Gasteiger partial charge is 0.372 e. The highest BCUT2D eigenvalue weighted by Crippen LogP contribution is 2.45. The van der Waals surface area contributed by atoms with E-state index in [1.54, 1.807) is 0 Å². The molecule has 1 saturated carbocycles. The number of anilines is 2.